The average Bonchev–Trinajstić information content (AvgIpc) is 2.47. The van der Waals surface area contributed by atoms with Crippen LogP contribution in [0.3, 0.4) is 0 Å². The van der Waals surface area contributed by atoms with Crippen LogP contribution in [0.1, 0.15) is 26.7 Å². The molecule has 0 amide bonds. The second-order valence-corrected chi connectivity index (χ2v) is 5.76. The van der Waals surface area contributed by atoms with Crippen molar-refractivity contribution in [3.05, 3.63) is 34.7 Å². The van der Waals surface area contributed by atoms with Gasteiger partial charge in [-0.25, -0.2) is 0 Å². The Morgan fingerprint density at radius 2 is 2.05 bits per heavy atom. The molecule has 112 valence electrons. The first kappa shape index (κ1) is 15.3. The van der Waals surface area contributed by atoms with Crippen molar-refractivity contribution in [3.8, 4) is 0 Å². The maximum absolute atomic E-state index is 11.6. The van der Waals surface area contributed by atoms with E-state index in [9.17, 15) is 4.79 Å². The van der Waals surface area contributed by atoms with Crippen molar-refractivity contribution in [2.75, 3.05) is 26.2 Å². The van der Waals surface area contributed by atoms with E-state index in [-0.39, 0.29) is 5.56 Å². The topological polar surface area (TPSA) is 37.3 Å². The van der Waals surface area contributed by atoms with E-state index in [0.29, 0.717) is 6.04 Å². The minimum atomic E-state index is 0.100. The van der Waals surface area contributed by atoms with Crippen molar-refractivity contribution in [2.45, 2.75) is 39.3 Å². The molecule has 1 fully saturated rings. The average molecular weight is 277 g/mol. The lowest BCUT2D eigenvalue weighted by Crippen LogP contribution is -2.43. The van der Waals surface area contributed by atoms with Gasteiger partial charge in [-0.1, -0.05) is 13.0 Å². The number of pyridine rings is 1. The predicted molar refractivity (Wildman–Crippen MR) is 83.0 cm³/mol. The fourth-order valence-electron chi connectivity index (χ4n) is 3.06. The largest absolute Gasteiger partial charge is 0.314 e. The lowest BCUT2D eigenvalue weighted by molar-refractivity contribution is 0.158. The molecule has 2 rings (SSSR count). The highest BCUT2D eigenvalue weighted by Crippen LogP contribution is 2.20. The summed E-state index contributed by atoms with van der Waals surface area (Å²) >= 11 is 0. The van der Waals surface area contributed by atoms with Crippen LogP contribution in [0.4, 0.5) is 0 Å². The minimum absolute atomic E-state index is 0.100. The van der Waals surface area contributed by atoms with Gasteiger partial charge in [0.1, 0.15) is 0 Å². The van der Waals surface area contributed by atoms with Gasteiger partial charge in [-0.05, 0) is 51.4 Å². The number of aromatic nitrogens is 1. The molecule has 0 saturated carbocycles. The molecule has 2 heterocycles. The molecule has 4 heteroatoms. The lowest BCUT2D eigenvalue weighted by Gasteiger charge is -2.35. The van der Waals surface area contributed by atoms with E-state index < -0.39 is 0 Å². The number of nitrogens with one attached hydrogen (secondary N) is 1. The maximum Gasteiger partial charge on any atom is 0.250 e. The highest BCUT2D eigenvalue weighted by molar-refractivity contribution is 4.93. The SMILES string of the molecule is CCNC(C)C1CCN(CCn2ccccc2=O)CC1. The molecule has 1 aromatic heterocycles. The van der Waals surface area contributed by atoms with Gasteiger partial charge in [-0.2, -0.15) is 0 Å². The Bertz CT molecular complexity index is 449. The fourth-order valence-corrected chi connectivity index (χ4v) is 3.06. The Balaban J connectivity index is 1.75. The van der Waals surface area contributed by atoms with Crippen molar-refractivity contribution < 1.29 is 0 Å². The zero-order chi connectivity index (χ0) is 14.4. The molecular formula is C16H27N3O. The van der Waals surface area contributed by atoms with Crippen molar-refractivity contribution >= 4 is 0 Å². The first-order valence-electron chi connectivity index (χ1n) is 7.82. The van der Waals surface area contributed by atoms with Gasteiger partial charge < -0.3 is 14.8 Å². The summed E-state index contributed by atoms with van der Waals surface area (Å²) in [5, 5.41) is 3.53. The van der Waals surface area contributed by atoms with Crippen LogP contribution in [0.25, 0.3) is 0 Å². The molecule has 0 bridgehead atoms. The Morgan fingerprint density at radius 1 is 1.30 bits per heavy atom. The quantitative estimate of drug-likeness (QED) is 0.857. The van der Waals surface area contributed by atoms with E-state index in [1.807, 2.05) is 12.3 Å². The summed E-state index contributed by atoms with van der Waals surface area (Å²) in [6.07, 6.45) is 4.40. The number of hydrogen-bond acceptors (Lipinski definition) is 3. The number of piperidine rings is 1. The molecule has 0 aliphatic carbocycles. The molecule has 1 aromatic rings. The molecule has 1 N–H and O–H groups in total. The van der Waals surface area contributed by atoms with E-state index in [0.717, 1.165) is 38.6 Å². The fraction of sp³-hybridized carbons (Fsp3) is 0.688. The molecule has 0 radical (unpaired) electrons. The summed E-state index contributed by atoms with van der Waals surface area (Å²) in [4.78, 5) is 14.1. The summed E-state index contributed by atoms with van der Waals surface area (Å²) < 4.78 is 1.80. The van der Waals surface area contributed by atoms with Gasteiger partial charge in [0.15, 0.2) is 0 Å². The van der Waals surface area contributed by atoms with Crippen molar-refractivity contribution in [3.63, 3.8) is 0 Å². The molecular weight excluding hydrogens is 250 g/mol. The summed E-state index contributed by atoms with van der Waals surface area (Å²) in [6, 6.07) is 5.97. The van der Waals surface area contributed by atoms with Gasteiger partial charge in [0, 0.05) is 31.4 Å². The first-order chi connectivity index (χ1) is 9.70. The van der Waals surface area contributed by atoms with Crippen molar-refractivity contribution in [1.29, 1.82) is 0 Å². The third kappa shape index (κ3) is 4.18. The van der Waals surface area contributed by atoms with Crippen LogP contribution in [-0.4, -0.2) is 41.7 Å². The van der Waals surface area contributed by atoms with Gasteiger partial charge in [-0.15, -0.1) is 0 Å². The van der Waals surface area contributed by atoms with Crippen LogP contribution >= 0.6 is 0 Å². The standard InChI is InChI=1S/C16H27N3O/c1-3-17-14(2)15-7-10-18(11-8-15)12-13-19-9-5-4-6-16(19)20/h4-6,9,14-15,17H,3,7-8,10-13H2,1-2H3. The van der Waals surface area contributed by atoms with Crippen LogP contribution in [0.15, 0.2) is 29.2 Å². The van der Waals surface area contributed by atoms with Gasteiger partial charge >= 0.3 is 0 Å². The highest BCUT2D eigenvalue weighted by atomic mass is 16.1. The van der Waals surface area contributed by atoms with Crippen LogP contribution in [0.2, 0.25) is 0 Å². The van der Waals surface area contributed by atoms with Gasteiger partial charge in [0.2, 0.25) is 0 Å². The zero-order valence-electron chi connectivity index (χ0n) is 12.7. The van der Waals surface area contributed by atoms with E-state index in [2.05, 4.69) is 24.1 Å². The minimum Gasteiger partial charge on any atom is -0.314 e. The molecule has 1 saturated heterocycles. The first-order valence-corrected chi connectivity index (χ1v) is 7.82. The zero-order valence-corrected chi connectivity index (χ0v) is 12.7. The van der Waals surface area contributed by atoms with Crippen molar-refractivity contribution in [1.82, 2.24) is 14.8 Å². The predicted octanol–water partition coefficient (Wildman–Crippen LogP) is 1.56. The van der Waals surface area contributed by atoms with Gasteiger partial charge in [0.05, 0.1) is 0 Å². The monoisotopic (exact) mass is 277 g/mol. The molecule has 0 aromatic carbocycles. The number of likely N-dealkylation sites (tertiary alicyclic amines) is 1. The molecule has 1 atom stereocenters. The van der Waals surface area contributed by atoms with Gasteiger partial charge in [-0.3, -0.25) is 4.79 Å². The molecule has 4 nitrogen and oxygen atoms in total. The lowest BCUT2D eigenvalue weighted by atomic mass is 9.90. The second-order valence-electron chi connectivity index (χ2n) is 5.76. The van der Waals surface area contributed by atoms with Crippen LogP contribution in [-0.2, 0) is 6.54 Å². The summed E-state index contributed by atoms with van der Waals surface area (Å²) in [5.41, 5.74) is 0.100. The molecule has 1 aliphatic rings. The molecule has 0 spiro atoms. The van der Waals surface area contributed by atoms with Crippen LogP contribution in [0, 0.1) is 5.92 Å². The third-order valence-corrected chi connectivity index (χ3v) is 4.42. The smallest absolute Gasteiger partial charge is 0.250 e. The van der Waals surface area contributed by atoms with Crippen molar-refractivity contribution in [2.24, 2.45) is 5.92 Å². The molecule has 20 heavy (non-hydrogen) atoms. The van der Waals surface area contributed by atoms with E-state index >= 15 is 0 Å². The Kier molecular flexibility index (Phi) is 5.80. The maximum atomic E-state index is 11.6. The second kappa shape index (κ2) is 7.60. The third-order valence-electron chi connectivity index (χ3n) is 4.42. The van der Waals surface area contributed by atoms with E-state index in [1.165, 1.54) is 12.8 Å². The van der Waals surface area contributed by atoms with Crippen LogP contribution < -0.4 is 10.9 Å². The Morgan fingerprint density at radius 3 is 2.70 bits per heavy atom. The summed E-state index contributed by atoms with van der Waals surface area (Å²) in [6.45, 7) is 9.61. The van der Waals surface area contributed by atoms with E-state index in [4.69, 9.17) is 0 Å². The van der Waals surface area contributed by atoms with E-state index in [1.54, 1.807) is 16.7 Å². The normalized spacial score (nSPS) is 19.1. The summed E-state index contributed by atoms with van der Waals surface area (Å²) in [7, 11) is 0. The molecule has 1 unspecified atom stereocenters. The van der Waals surface area contributed by atoms with Gasteiger partial charge in [0.25, 0.3) is 5.56 Å². The molecule has 1 aliphatic heterocycles. The number of hydrogen-bond donors (Lipinski definition) is 1. The number of nitrogens with zero attached hydrogens (tertiary/aromatic N) is 2. The van der Waals surface area contributed by atoms with Crippen LogP contribution in [0.5, 0.6) is 0 Å². The summed E-state index contributed by atoms with van der Waals surface area (Å²) in [5.74, 6) is 0.797. The Labute approximate surface area is 121 Å². The Hall–Kier alpha value is -1.13. The highest BCUT2D eigenvalue weighted by Gasteiger charge is 2.22. The number of rotatable bonds is 6.